The van der Waals surface area contributed by atoms with E-state index in [1.54, 1.807) is 0 Å². The largest absolute Gasteiger partial charge is 0.685 e. The number of rotatable bonds is 4. The second-order valence-electron chi connectivity index (χ2n) is 7.24. The molecule has 2 heteroatoms. The second-order valence-corrected chi connectivity index (χ2v) is 7.24. The molecule has 1 aromatic carbocycles. The fraction of sp³-hybridized carbons (Fsp3) is 0.625. The molecule has 0 unspecified atom stereocenters. The maximum Gasteiger partial charge on any atom is -0.0544 e. The molecule has 102 valence electrons. The molecule has 0 heterocycles. The van der Waals surface area contributed by atoms with Gasteiger partial charge in [-0.3, -0.25) is 0 Å². The highest BCUT2D eigenvalue weighted by atomic mass is 15.0. The minimum Gasteiger partial charge on any atom is -0.685 e. The van der Waals surface area contributed by atoms with Gasteiger partial charge in [0.05, 0.1) is 0 Å². The van der Waals surface area contributed by atoms with Crippen molar-refractivity contribution in [3.8, 4) is 0 Å². The van der Waals surface area contributed by atoms with Crippen LogP contribution in [0.5, 0.6) is 0 Å². The molecule has 0 saturated carbocycles. The first kappa shape index (κ1) is 14.9. The number of hydrogen-bond acceptors (Lipinski definition) is 0. The molecule has 0 bridgehead atoms. The zero-order valence-corrected chi connectivity index (χ0v) is 12.6. The van der Waals surface area contributed by atoms with Crippen LogP contribution in [0.4, 0.5) is 11.4 Å². The number of benzene rings is 1. The summed E-state index contributed by atoms with van der Waals surface area (Å²) in [4.78, 5) is 0. The number of nitrogens with zero attached hydrogens (tertiary/aromatic N) is 2. The monoisotopic (exact) mass is 246 g/mol. The minimum atomic E-state index is 0.219. The van der Waals surface area contributed by atoms with E-state index in [0.717, 1.165) is 24.5 Å². The summed E-state index contributed by atoms with van der Waals surface area (Å²) in [7, 11) is 0. The van der Waals surface area contributed by atoms with Crippen molar-refractivity contribution < 1.29 is 0 Å². The minimum absolute atomic E-state index is 0.219. The van der Waals surface area contributed by atoms with Gasteiger partial charge < -0.3 is 10.6 Å². The van der Waals surface area contributed by atoms with Crippen molar-refractivity contribution in [2.75, 3.05) is 13.1 Å². The summed E-state index contributed by atoms with van der Waals surface area (Å²) in [5.41, 5.74) is 2.46. The zero-order chi connectivity index (χ0) is 13.8. The summed E-state index contributed by atoms with van der Waals surface area (Å²) < 4.78 is 0. The second kappa shape index (κ2) is 5.64. The van der Waals surface area contributed by atoms with Gasteiger partial charge in [-0.05, 0) is 0 Å². The highest BCUT2D eigenvalue weighted by molar-refractivity contribution is 5.74. The van der Waals surface area contributed by atoms with E-state index < -0.39 is 0 Å². The smallest absolute Gasteiger partial charge is 0.0544 e. The Morgan fingerprint density at radius 1 is 0.722 bits per heavy atom. The third kappa shape index (κ3) is 5.95. The van der Waals surface area contributed by atoms with Gasteiger partial charge in [-0.1, -0.05) is 76.6 Å². The van der Waals surface area contributed by atoms with E-state index in [0.29, 0.717) is 0 Å². The van der Waals surface area contributed by atoms with Crippen molar-refractivity contribution in [2.45, 2.75) is 41.5 Å². The molecule has 0 atom stereocenters. The van der Waals surface area contributed by atoms with Crippen LogP contribution in [0.15, 0.2) is 24.3 Å². The summed E-state index contributed by atoms with van der Waals surface area (Å²) >= 11 is 0. The van der Waals surface area contributed by atoms with Crippen molar-refractivity contribution in [1.82, 2.24) is 0 Å². The number of para-hydroxylation sites is 2. The lowest BCUT2D eigenvalue weighted by Gasteiger charge is -2.39. The molecule has 0 fully saturated rings. The Balaban J connectivity index is 2.68. The Morgan fingerprint density at radius 2 is 1.06 bits per heavy atom. The third-order valence-electron chi connectivity index (χ3n) is 2.33. The highest BCUT2D eigenvalue weighted by Crippen LogP contribution is 2.37. The van der Waals surface area contributed by atoms with Crippen molar-refractivity contribution in [3.05, 3.63) is 34.9 Å². The normalized spacial score (nSPS) is 12.3. The van der Waals surface area contributed by atoms with Gasteiger partial charge in [-0.2, -0.15) is 11.4 Å². The Hall–Kier alpha value is -1.18. The van der Waals surface area contributed by atoms with Crippen LogP contribution in [0.25, 0.3) is 10.6 Å². The van der Waals surface area contributed by atoms with Gasteiger partial charge in [0.2, 0.25) is 0 Å². The van der Waals surface area contributed by atoms with Crippen LogP contribution in [-0.2, 0) is 0 Å². The Bertz CT molecular complexity index is 332. The van der Waals surface area contributed by atoms with Gasteiger partial charge >= 0.3 is 0 Å². The molecule has 0 radical (unpaired) electrons. The molecule has 0 N–H and O–H groups in total. The summed E-state index contributed by atoms with van der Waals surface area (Å²) in [5, 5.41) is 9.37. The molecule has 1 aromatic rings. The van der Waals surface area contributed by atoms with Crippen LogP contribution in [0.2, 0.25) is 0 Å². The SMILES string of the molecule is CC(C)(C)C[N-]c1ccccc1[N-]CC(C)(C)C. The first-order valence-electron chi connectivity index (χ1n) is 6.61. The lowest BCUT2D eigenvalue weighted by molar-refractivity contribution is 0.450. The summed E-state index contributed by atoms with van der Waals surface area (Å²) in [6, 6.07) is 8.15. The molecule has 0 aromatic heterocycles. The highest BCUT2D eigenvalue weighted by Gasteiger charge is 2.04. The summed E-state index contributed by atoms with van der Waals surface area (Å²) in [6.45, 7) is 14.9. The maximum absolute atomic E-state index is 4.68. The fourth-order valence-corrected chi connectivity index (χ4v) is 1.38. The van der Waals surface area contributed by atoms with E-state index in [4.69, 9.17) is 0 Å². The van der Waals surface area contributed by atoms with Gasteiger partial charge in [0.25, 0.3) is 0 Å². The topological polar surface area (TPSA) is 28.2 Å². The van der Waals surface area contributed by atoms with Crippen molar-refractivity contribution in [2.24, 2.45) is 10.8 Å². The van der Waals surface area contributed by atoms with E-state index in [2.05, 4.69) is 52.2 Å². The van der Waals surface area contributed by atoms with E-state index in [-0.39, 0.29) is 10.8 Å². The standard InChI is InChI=1S/C16H26N2/c1-15(2,3)11-17-13-9-7-8-10-14(13)18-12-16(4,5)6/h7-10H,11-12H2,1-6H3/q-2. The van der Waals surface area contributed by atoms with Crippen molar-refractivity contribution >= 4 is 11.4 Å². The molecule has 0 aliphatic carbocycles. The van der Waals surface area contributed by atoms with Gasteiger partial charge in [0.1, 0.15) is 0 Å². The molecule has 0 amide bonds. The average Bonchev–Trinajstić information content (AvgIpc) is 2.22. The Morgan fingerprint density at radius 3 is 1.33 bits per heavy atom. The molecule has 0 spiro atoms. The van der Waals surface area contributed by atoms with Crippen LogP contribution >= 0.6 is 0 Å². The van der Waals surface area contributed by atoms with Crippen molar-refractivity contribution in [3.63, 3.8) is 0 Å². The molecular formula is C16H26N2-2. The van der Waals surface area contributed by atoms with Gasteiger partial charge in [0.15, 0.2) is 0 Å². The molecule has 0 saturated heterocycles. The summed E-state index contributed by atoms with van der Waals surface area (Å²) in [5.74, 6) is 0. The quantitative estimate of drug-likeness (QED) is 0.643. The van der Waals surface area contributed by atoms with E-state index in [1.165, 1.54) is 0 Å². The predicted molar refractivity (Wildman–Crippen MR) is 81.1 cm³/mol. The van der Waals surface area contributed by atoms with Gasteiger partial charge in [0, 0.05) is 0 Å². The predicted octanol–water partition coefficient (Wildman–Crippen LogP) is 5.79. The van der Waals surface area contributed by atoms with Gasteiger partial charge in [-0.25, -0.2) is 0 Å². The molecule has 0 aliphatic rings. The van der Waals surface area contributed by atoms with E-state index >= 15 is 0 Å². The van der Waals surface area contributed by atoms with Crippen LogP contribution in [-0.4, -0.2) is 13.1 Å². The average molecular weight is 246 g/mol. The first-order chi connectivity index (χ1) is 8.17. The number of hydrogen-bond donors (Lipinski definition) is 0. The van der Waals surface area contributed by atoms with Crippen LogP contribution < -0.4 is 0 Å². The van der Waals surface area contributed by atoms with Crippen LogP contribution in [0.3, 0.4) is 0 Å². The molecule has 2 nitrogen and oxygen atoms in total. The lowest BCUT2D eigenvalue weighted by atomic mass is 9.96. The summed E-state index contributed by atoms with van der Waals surface area (Å²) in [6.07, 6.45) is 0. The molecular weight excluding hydrogens is 220 g/mol. The van der Waals surface area contributed by atoms with Crippen LogP contribution in [0.1, 0.15) is 41.5 Å². The molecule has 1 rings (SSSR count). The zero-order valence-electron chi connectivity index (χ0n) is 12.6. The van der Waals surface area contributed by atoms with Crippen molar-refractivity contribution in [1.29, 1.82) is 0 Å². The molecule has 18 heavy (non-hydrogen) atoms. The maximum atomic E-state index is 4.68. The van der Waals surface area contributed by atoms with Crippen LogP contribution in [0, 0.1) is 10.8 Å². The lowest BCUT2D eigenvalue weighted by Crippen LogP contribution is -2.10. The molecule has 0 aliphatic heterocycles. The van der Waals surface area contributed by atoms with E-state index in [9.17, 15) is 0 Å². The Labute approximate surface area is 112 Å². The third-order valence-corrected chi connectivity index (χ3v) is 2.33. The van der Waals surface area contributed by atoms with E-state index in [1.807, 2.05) is 24.3 Å². The Kier molecular flexibility index (Phi) is 4.66. The fourth-order valence-electron chi connectivity index (χ4n) is 1.38. The first-order valence-corrected chi connectivity index (χ1v) is 6.61. The van der Waals surface area contributed by atoms with Gasteiger partial charge in [-0.15, -0.1) is 13.1 Å².